The lowest BCUT2D eigenvalue weighted by Gasteiger charge is -2.33. The van der Waals surface area contributed by atoms with Crippen LogP contribution in [0.25, 0.3) is 0 Å². The zero-order chi connectivity index (χ0) is 20.0. The van der Waals surface area contributed by atoms with Gasteiger partial charge in [-0.25, -0.2) is 8.42 Å². The number of benzene rings is 2. The van der Waals surface area contributed by atoms with Crippen LogP contribution in [-0.2, 0) is 14.8 Å². The van der Waals surface area contributed by atoms with Crippen LogP contribution in [-0.4, -0.2) is 31.2 Å². The van der Waals surface area contributed by atoms with Crippen LogP contribution in [0.3, 0.4) is 0 Å². The van der Waals surface area contributed by atoms with Crippen LogP contribution < -0.4 is 5.32 Å². The van der Waals surface area contributed by atoms with Crippen molar-refractivity contribution in [3.63, 3.8) is 0 Å². The van der Waals surface area contributed by atoms with E-state index in [2.05, 4.69) is 5.32 Å². The molecule has 1 fully saturated rings. The molecule has 1 unspecified atom stereocenters. The van der Waals surface area contributed by atoms with Crippen molar-refractivity contribution in [1.82, 2.24) is 9.62 Å². The number of nitrogens with one attached hydrogen (secondary N) is 1. The molecule has 0 aliphatic heterocycles. The topological polar surface area (TPSA) is 66.5 Å². The molecule has 28 heavy (non-hydrogen) atoms. The van der Waals surface area contributed by atoms with E-state index in [1.54, 1.807) is 30.3 Å². The van der Waals surface area contributed by atoms with Crippen molar-refractivity contribution in [3.05, 3.63) is 66.2 Å². The van der Waals surface area contributed by atoms with Gasteiger partial charge >= 0.3 is 0 Å². The summed E-state index contributed by atoms with van der Waals surface area (Å²) in [5.41, 5.74) is 0.992. The molecule has 1 saturated carbocycles. The van der Waals surface area contributed by atoms with Crippen LogP contribution in [0.15, 0.2) is 65.6 Å². The van der Waals surface area contributed by atoms with Gasteiger partial charge in [-0.1, -0.05) is 67.8 Å². The van der Waals surface area contributed by atoms with Gasteiger partial charge in [-0.2, -0.15) is 4.31 Å². The molecule has 0 aromatic heterocycles. The number of hydrogen-bond donors (Lipinski definition) is 1. The lowest BCUT2D eigenvalue weighted by molar-refractivity contribution is -0.122. The third kappa shape index (κ3) is 5.00. The molecule has 0 radical (unpaired) electrons. The molecule has 1 aliphatic carbocycles. The molecule has 5 nitrogen and oxygen atoms in total. The van der Waals surface area contributed by atoms with Gasteiger partial charge < -0.3 is 5.32 Å². The first-order chi connectivity index (χ1) is 13.5. The quantitative estimate of drug-likeness (QED) is 0.767. The standard InChI is InChI=1S/C22H28N2O3S/c1-18(19-11-5-2-6-12-19)23-22(25)17-24(20-13-7-3-8-14-20)28(26,27)21-15-9-4-10-16-21/h2,4-6,9-12,15-16,18,20H,3,7-8,13-14,17H2,1H3,(H,23,25). The Morgan fingerprint density at radius 2 is 1.57 bits per heavy atom. The van der Waals surface area contributed by atoms with Crippen molar-refractivity contribution >= 4 is 15.9 Å². The average molecular weight is 401 g/mol. The molecule has 0 spiro atoms. The van der Waals surface area contributed by atoms with Gasteiger partial charge in [-0.3, -0.25) is 4.79 Å². The fourth-order valence-electron chi connectivity index (χ4n) is 3.76. The molecule has 0 heterocycles. The highest BCUT2D eigenvalue weighted by atomic mass is 32.2. The number of hydrogen-bond acceptors (Lipinski definition) is 3. The van der Waals surface area contributed by atoms with E-state index in [1.807, 2.05) is 37.3 Å². The minimum absolute atomic E-state index is 0.128. The van der Waals surface area contributed by atoms with E-state index in [9.17, 15) is 13.2 Å². The average Bonchev–Trinajstić information content (AvgIpc) is 2.74. The van der Waals surface area contributed by atoms with Gasteiger partial charge in [-0.05, 0) is 37.5 Å². The minimum Gasteiger partial charge on any atom is -0.348 e. The van der Waals surface area contributed by atoms with Gasteiger partial charge in [0, 0.05) is 6.04 Å². The second kappa shape index (κ2) is 9.34. The second-order valence-corrected chi connectivity index (χ2v) is 9.25. The van der Waals surface area contributed by atoms with E-state index in [-0.39, 0.29) is 29.4 Å². The van der Waals surface area contributed by atoms with Crippen molar-refractivity contribution in [3.8, 4) is 0 Å². The highest BCUT2D eigenvalue weighted by Crippen LogP contribution is 2.27. The summed E-state index contributed by atoms with van der Waals surface area (Å²) in [5, 5.41) is 2.94. The lowest BCUT2D eigenvalue weighted by atomic mass is 9.95. The first-order valence-corrected chi connectivity index (χ1v) is 11.3. The van der Waals surface area contributed by atoms with Crippen LogP contribution in [0, 0.1) is 0 Å². The highest BCUT2D eigenvalue weighted by Gasteiger charge is 2.34. The van der Waals surface area contributed by atoms with Crippen molar-refractivity contribution in [2.45, 2.75) is 56.0 Å². The molecule has 0 bridgehead atoms. The number of carbonyl (C=O) groups is 1. The van der Waals surface area contributed by atoms with E-state index < -0.39 is 10.0 Å². The third-order valence-corrected chi connectivity index (χ3v) is 7.22. The highest BCUT2D eigenvalue weighted by molar-refractivity contribution is 7.89. The molecule has 2 aromatic carbocycles. The van der Waals surface area contributed by atoms with Crippen molar-refractivity contribution < 1.29 is 13.2 Å². The lowest BCUT2D eigenvalue weighted by Crippen LogP contribution is -2.47. The Balaban J connectivity index is 1.78. The summed E-state index contributed by atoms with van der Waals surface area (Å²) in [6, 6.07) is 17.8. The molecule has 1 aliphatic rings. The third-order valence-electron chi connectivity index (χ3n) is 5.31. The number of sulfonamides is 1. The zero-order valence-electron chi connectivity index (χ0n) is 16.3. The van der Waals surface area contributed by atoms with Gasteiger partial charge in [0.15, 0.2) is 0 Å². The Kier molecular flexibility index (Phi) is 6.86. The Bertz CT molecular complexity index is 863. The second-order valence-electron chi connectivity index (χ2n) is 7.36. The normalized spacial score (nSPS) is 16.6. The Hall–Kier alpha value is -2.18. The maximum absolute atomic E-state index is 13.3. The number of nitrogens with zero attached hydrogens (tertiary/aromatic N) is 1. The van der Waals surface area contributed by atoms with Crippen LogP contribution in [0.1, 0.15) is 50.6 Å². The van der Waals surface area contributed by atoms with E-state index >= 15 is 0 Å². The van der Waals surface area contributed by atoms with E-state index in [0.29, 0.717) is 0 Å². The first kappa shape index (κ1) is 20.6. The van der Waals surface area contributed by atoms with Crippen LogP contribution >= 0.6 is 0 Å². The fraction of sp³-hybridized carbons (Fsp3) is 0.409. The molecule has 0 saturated heterocycles. The van der Waals surface area contributed by atoms with Crippen molar-refractivity contribution in [2.75, 3.05) is 6.54 Å². The van der Waals surface area contributed by atoms with Crippen LogP contribution in [0.5, 0.6) is 0 Å². The summed E-state index contributed by atoms with van der Waals surface area (Å²) in [4.78, 5) is 13.0. The molecule has 6 heteroatoms. The molecule has 150 valence electrons. The molecular weight excluding hydrogens is 372 g/mol. The predicted molar refractivity (Wildman–Crippen MR) is 110 cm³/mol. The summed E-state index contributed by atoms with van der Waals surface area (Å²) in [7, 11) is -3.72. The maximum Gasteiger partial charge on any atom is 0.243 e. The molecule has 2 aromatic rings. The van der Waals surface area contributed by atoms with Gasteiger partial charge in [0.25, 0.3) is 0 Å². The number of rotatable bonds is 7. The van der Waals surface area contributed by atoms with Gasteiger partial charge in [-0.15, -0.1) is 0 Å². The Morgan fingerprint density at radius 3 is 2.18 bits per heavy atom. The predicted octanol–water partition coefficient (Wildman–Crippen LogP) is 3.89. The summed E-state index contributed by atoms with van der Waals surface area (Å²) in [5.74, 6) is -0.276. The number of amides is 1. The van der Waals surface area contributed by atoms with Crippen LogP contribution in [0.2, 0.25) is 0 Å². The molecule has 3 rings (SSSR count). The van der Waals surface area contributed by atoms with Gasteiger partial charge in [0.1, 0.15) is 0 Å². The Labute approximate surface area is 167 Å². The summed E-state index contributed by atoms with van der Waals surface area (Å²) >= 11 is 0. The SMILES string of the molecule is CC(NC(=O)CN(C1CCCCC1)S(=O)(=O)c1ccccc1)c1ccccc1. The minimum atomic E-state index is -3.72. The van der Waals surface area contributed by atoms with E-state index in [0.717, 1.165) is 37.7 Å². The molecule has 1 atom stereocenters. The summed E-state index contributed by atoms with van der Waals surface area (Å²) in [6.45, 7) is 1.75. The summed E-state index contributed by atoms with van der Waals surface area (Å²) in [6.07, 6.45) is 4.70. The largest absolute Gasteiger partial charge is 0.348 e. The van der Waals surface area contributed by atoms with Crippen LogP contribution in [0.4, 0.5) is 0 Å². The fourth-order valence-corrected chi connectivity index (χ4v) is 5.42. The van der Waals surface area contributed by atoms with E-state index in [4.69, 9.17) is 0 Å². The Morgan fingerprint density at radius 1 is 1.00 bits per heavy atom. The monoisotopic (exact) mass is 400 g/mol. The molecule has 1 amide bonds. The van der Waals surface area contributed by atoms with Crippen molar-refractivity contribution in [1.29, 1.82) is 0 Å². The molecule has 1 N–H and O–H groups in total. The maximum atomic E-state index is 13.3. The first-order valence-electron chi connectivity index (χ1n) is 9.89. The van der Waals surface area contributed by atoms with Gasteiger partial charge in [0.2, 0.25) is 15.9 Å². The molecular formula is C22H28N2O3S. The smallest absolute Gasteiger partial charge is 0.243 e. The van der Waals surface area contributed by atoms with E-state index in [1.165, 1.54) is 4.31 Å². The van der Waals surface area contributed by atoms with Gasteiger partial charge in [0.05, 0.1) is 17.5 Å². The van der Waals surface area contributed by atoms with Crippen molar-refractivity contribution in [2.24, 2.45) is 0 Å². The zero-order valence-corrected chi connectivity index (χ0v) is 17.1. The number of carbonyl (C=O) groups excluding carboxylic acids is 1. The summed E-state index contributed by atoms with van der Waals surface area (Å²) < 4.78 is 27.9.